The van der Waals surface area contributed by atoms with Gasteiger partial charge in [-0.25, -0.2) is 8.78 Å². The van der Waals surface area contributed by atoms with Gasteiger partial charge in [-0.15, -0.1) is 0 Å². The number of hydrogen-bond donors (Lipinski definition) is 2. The number of anilines is 1. The second-order valence-corrected chi connectivity index (χ2v) is 6.00. The molecule has 3 N–H and O–H groups in total. The molecule has 0 spiro atoms. The Morgan fingerprint density at radius 2 is 1.75 bits per heavy atom. The van der Waals surface area contributed by atoms with Gasteiger partial charge >= 0.3 is 0 Å². The standard InChI is InChI=1S/C14H12Br2F2N2/c15-8-1-3-12(17)10(5-8)14(7-19)20-9-2-4-13(18)11(16)6-9/h1-6,14,20H,7,19H2. The van der Waals surface area contributed by atoms with E-state index in [0.29, 0.717) is 15.7 Å². The Kier molecular flexibility index (Phi) is 5.12. The molecule has 0 bridgehead atoms. The van der Waals surface area contributed by atoms with Crippen molar-refractivity contribution in [2.45, 2.75) is 6.04 Å². The third-order valence-electron chi connectivity index (χ3n) is 2.83. The summed E-state index contributed by atoms with van der Waals surface area (Å²) in [6.45, 7) is 0.211. The first-order chi connectivity index (χ1) is 9.51. The summed E-state index contributed by atoms with van der Waals surface area (Å²) in [6, 6.07) is 8.79. The molecule has 0 heterocycles. The van der Waals surface area contributed by atoms with E-state index in [2.05, 4.69) is 37.2 Å². The maximum absolute atomic E-state index is 13.9. The zero-order valence-corrected chi connectivity index (χ0v) is 13.5. The SMILES string of the molecule is NCC(Nc1ccc(F)c(Br)c1)c1cc(Br)ccc1F. The smallest absolute Gasteiger partial charge is 0.137 e. The molecular formula is C14H12Br2F2N2. The average molecular weight is 406 g/mol. The maximum Gasteiger partial charge on any atom is 0.137 e. The predicted molar refractivity (Wildman–Crippen MR) is 83.6 cm³/mol. The Morgan fingerprint density at radius 1 is 1.05 bits per heavy atom. The van der Waals surface area contributed by atoms with Gasteiger partial charge < -0.3 is 11.1 Å². The van der Waals surface area contributed by atoms with Crippen LogP contribution in [0.2, 0.25) is 0 Å². The first-order valence-electron chi connectivity index (χ1n) is 5.88. The second kappa shape index (κ2) is 6.65. The van der Waals surface area contributed by atoms with Crippen molar-refractivity contribution in [3.63, 3.8) is 0 Å². The minimum atomic E-state index is -0.398. The molecule has 0 aromatic heterocycles. The van der Waals surface area contributed by atoms with Gasteiger partial charge in [-0.3, -0.25) is 0 Å². The van der Waals surface area contributed by atoms with Gasteiger partial charge in [-0.1, -0.05) is 15.9 Å². The van der Waals surface area contributed by atoms with Crippen LogP contribution in [-0.4, -0.2) is 6.54 Å². The first kappa shape index (κ1) is 15.4. The van der Waals surface area contributed by atoms with Crippen LogP contribution >= 0.6 is 31.9 Å². The lowest BCUT2D eigenvalue weighted by molar-refractivity contribution is 0.592. The van der Waals surface area contributed by atoms with Crippen molar-refractivity contribution >= 4 is 37.5 Å². The summed E-state index contributed by atoms with van der Waals surface area (Å²) in [4.78, 5) is 0. The molecule has 0 fully saturated rings. The van der Waals surface area contributed by atoms with Crippen molar-refractivity contribution in [1.82, 2.24) is 0 Å². The largest absolute Gasteiger partial charge is 0.377 e. The lowest BCUT2D eigenvalue weighted by Gasteiger charge is -2.19. The predicted octanol–water partition coefficient (Wildman–Crippen LogP) is 4.60. The molecule has 20 heavy (non-hydrogen) atoms. The van der Waals surface area contributed by atoms with Crippen LogP contribution in [0.25, 0.3) is 0 Å². The Labute approximate surface area is 132 Å². The van der Waals surface area contributed by atoms with E-state index in [1.807, 2.05) is 0 Å². The number of hydrogen-bond acceptors (Lipinski definition) is 2. The topological polar surface area (TPSA) is 38.0 Å². The molecule has 0 aliphatic carbocycles. The van der Waals surface area contributed by atoms with E-state index in [0.717, 1.165) is 4.47 Å². The van der Waals surface area contributed by atoms with E-state index in [1.54, 1.807) is 24.3 Å². The summed E-state index contributed by atoms with van der Waals surface area (Å²) in [6.07, 6.45) is 0. The molecule has 0 aliphatic rings. The Hall–Kier alpha value is -0.980. The highest BCUT2D eigenvalue weighted by Crippen LogP contribution is 2.26. The van der Waals surface area contributed by atoms with Gasteiger partial charge in [0.15, 0.2) is 0 Å². The Balaban J connectivity index is 2.28. The molecule has 6 heteroatoms. The summed E-state index contributed by atoms with van der Waals surface area (Å²) in [5, 5.41) is 3.10. The molecule has 2 nitrogen and oxygen atoms in total. The highest BCUT2D eigenvalue weighted by atomic mass is 79.9. The lowest BCUT2D eigenvalue weighted by atomic mass is 10.1. The van der Waals surface area contributed by atoms with Crippen LogP contribution in [0, 0.1) is 11.6 Å². The van der Waals surface area contributed by atoms with E-state index < -0.39 is 6.04 Å². The quantitative estimate of drug-likeness (QED) is 0.779. The van der Waals surface area contributed by atoms with Crippen molar-refractivity contribution in [2.75, 3.05) is 11.9 Å². The minimum Gasteiger partial charge on any atom is -0.377 e. The summed E-state index contributed by atoms with van der Waals surface area (Å²) >= 11 is 6.42. The van der Waals surface area contributed by atoms with Crippen molar-refractivity contribution in [3.8, 4) is 0 Å². The zero-order chi connectivity index (χ0) is 14.7. The van der Waals surface area contributed by atoms with Gasteiger partial charge in [-0.05, 0) is 52.3 Å². The minimum absolute atomic E-state index is 0.211. The highest BCUT2D eigenvalue weighted by molar-refractivity contribution is 9.10. The van der Waals surface area contributed by atoms with E-state index in [-0.39, 0.29) is 18.2 Å². The molecule has 0 radical (unpaired) electrons. The van der Waals surface area contributed by atoms with E-state index in [1.165, 1.54) is 12.1 Å². The van der Waals surface area contributed by atoms with Gasteiger partial charge in [0.25, 0.3) is 0 Å². The molecule has 0 amide bonds. The second-order valence-electron chi connectivity index (χ2n) is 4.23. The Morgan fingerprint density at radius 3 is 2.40 bits per heavy atom. The van der Waals surface area contributed by atoms with Gasteiger partial charge in [0, 0.05) is 22.3 Å². The van der Waals surface area contributed by atoms with Crippen LogP contribution < -0.4 is 11.1 Å². The van der Waals surface area contributed by atoms with Crippen molar-refractivity contribution in [3.05, 3.63) is 62.5 Å². The monoisotopic (exact) mass is 404 g/mol. The van der Waals surface area contributed by atoms with Crippen molar-refractivity contribution in [1.29, 1.82) is 0 Å². The van der Waals surface area contributed by atoms with Gasteiger partial charge in [0.2, 0.25) is 0 Å². The molecule has 0 aliphatic heterocycles. The van der Waals surface area contributed by atoms with E-state index >= 15 is 0 Å². The molecule has 2 aromatic rings. The fourth-order valence-corrected chi connectivity index (χ4v) is 2.59. The number of benzene rings is 2. The number of nitrogens with two attached hydrogens (primary N) is 1. The number of halogens is 4. The molecule has 1 atom stereocenters. The van der Waals surface area contributed by atoms with Crippen molar-refractivity contribution in [2.24, 2.45) is 5.73 Å². The van der Waals surface area contributed by atoms with E-state index in [9.17, 15) is 8.78 Å². The average Bonchev–Trinajstić information content (AvgIpc) is 2.43. The highest BCUT2D eigenvalue weighted by Gasteiger charge is 2.15. The lowest BCUT2D eigenvalue weighted by Crippen LogP contribution is -2.21. The summed E-state index contributed by atoms with van der Waals surface area (Å²) in [5.41, 5.74) is 6.83. The number of rotatable bonds is 4. The normalized spacial score (nSPS) is 12.2. The number of nitrogens with one attached hydrogen (secondary N) is 1. The first-order valence-corrected chi connectivity index (χ1v) is 7.46. The van der Waals surface area contributed by atoms with E-state index in [4.69, 9.17) is 5.73 Å². The summed E-state index contributed by atoms with van der Waals surface area (Å²) in [5.74, 6) is -0.689. The molecule has 106 valence electrons. The Bertz CT molecular complexity index is 620. The third-order valence-corrected chi connectivity index (χ3v) is 3.93. The fourth-order valence-electron chi connectivity index (χ4n) is 1.83. The van der Waals surface area contributed by atoms with Gasteiger partial charge in [0.05, 0.1) is 10.5 Å². The zero-order valence-electron chi connectivity index (χ0n) is 10.3. The molecule has 1 unspecified atom stereocenters. The fraction of sp³-hybridized carbons (Fsp3) is 0.143. The van der Waals surface area contributed by atoms with Gasteiger partial charge in [-0.2, -0.15) is 0 Å². The third kappa shape index (κ3) is 3.56. The van der Waals surface area contributed by atoms with Crippen LogP contribution in [0.3, 0.4) is 0 Å². The van der Waals surface area contributed by atoms with Gasteiger partial charge in [0.1, 0.15) is 11.6 Å². The molecule has 2 aromatic carbocycles. The maximum atomic E-state index is 13.9. The van der Waals surface area contributed by atoms with Crippen LogP contribution in [0.15, 0.2) is 45.3 Å². The summed E-state index contributed by atoms with van der Waals surface area (Å²) < 4.78 is 28.2. The molecule has 0 saturated heterocycles. The van der Waals surface area contributed by atoms with Crippen molar-refractivity contribution < 1.29 is 8.78 Å². The molecular weight excluding hydrogens is 394 g/mol. The van der Waals surface area contributed by atoms with Crippen LogP contribution in [-0.2, 0) is 0 Å². The van der Waals surface area contributed by atoms with Crippen LogP contribution in [0.1, 0.15) is 11.6 Å². The molecule has 0 saturated carbocycles. The van der Waals surface area contributed by atoms with Crippen LogP contribution in [0.5, 0.6) is 0 Å². The summed E-state index contributed by atoms with van der Waals surface area (Å²) in [7, 11) is 0. The van der Waals surface area contributed by atoms with Crippen LogP contribution in [0.4, 0.5) is 14.5 Å². The molecule has 2 rings (SSSR count).